The first-order chi connectivity index (χ1) is 13.8. The van der Waals surface area contributed by atoms with Crippen LogP contribution in [-0.2, 0) is 19.8 Å². The average molecular weight is 522 g/mol. The van der Waals surface area contributed by atoms with Crippen molar-refractivity contribution in [2.45, 2.75) is 42.8 Å². The summed E-state index contributed by atoms with van der Waals surface area (Å²) in [5.74, 6) is -2.04. The van der Waals surface area contributed by atoms with Crippen molar-refractivity contribution in [2.75, 3.05) is 13.2 Å². The van der Waals surface area contributed by atoms with Gasteiger partial charge in [-0.1, -0.05) is 37.6 Å². The first-order valence-electron chi connectivity index (χ1n) is 9.66. The van der Waals surface area contributed by atoms with Crippen LogP contribution in [0.3, 0.4) is 0 Å². The van der Waals surface area contributed by atoms with E-state index in [0.717, 1.165) is 79.2 Å². The normalized spacial score (nSPS) is 20.1. The molecule has 0 saturated carbocycles. The molecule has 7 heteroatoms. The van der Waals surface area contributed by atoms with Crippen molar-refractivity contribution in [3.05, 3.63) is 59.2 Å². The second-order valence-corrected chi connectivity index (χ2v) is 8.65. The molecule has 1 aliphatic rings. The first-order valence-corrected chi connectivity index (χ1v) is 10.7. The van der Waals surface area contributed by atoms with Gasteiger partial charge in [0, 0.05) is 34.9 Å². The second-order valence-electron chi connectivity index (χ2n) is 7.30. The summed E-state index contributed by atoms with van der Waals surface area (Å²) in [5.41, 5.74) is 0.597. The average Bonchev–Trinajstić information content (AvgIpc) is 2.66. The fourth-order valence-electron chi connectivity index (χ4n) is 3.48. The highest BCUT2D eigenvalue weighted by molar-refractivity contribution is 14.1. The van der Waals surface area contributed by atoms with Gasteiger partial charge in [0.25, 0.3) is 0 Å². The zero-order valence-electron chi connectivity index (χ0n) is 16.1. The molecule has 0 radical (unpaired) electrons. The predicted octanol–water partition coefficient (Wildman–Crippen LogP) is 6.84. The summed E-state index contributed by atoms with van der Waals surface area (Å²) in [5, 5.41) is 0. The molecule has 0 bridgehead atoms. The van der Waals surface area contributed by atoms with Gasteiger partial charge >= 0.3 is 3.93 Å². The van der Waals surface area contributed by atoms with Crippen molar-refractivity contribution in [1.82, 2.24) is 0 Å². The molecule has 2 aromatic carbocycles. The van der Waals surface area contributed by atoms with Crippen molar-refractivity contribution in [3.63, 3.8) is 0 Å². The van der Waals surface area contributed by atoms with Gasteiger partial charge in [-0.25, -0.2) is 8.78 Å². The predicted molar refractivity (Wildman–Crippen MR) is 112 cm³/mol. The monoisotopic (exact) mass is 522 g/mol. The Morgan fingerprint density at radius 3 is 2.07 bits per heavy atom. The molecule has 2 nitrogen and oxygen atoms in total. The summed E-state index contributed by atoms with van der Waals surface area (Å²) in [6.07, 6.45) is 3.47. The minimum Gasteiger partial charge on any atom is -0.352 e. The molecular weight excluding hydrogens is 499 g/mol. The van der Waals surface area contributed by atoms with Gasteiger partial charge in [0.1, 0.15) is 17.2 Å². The number of hydrogen-bond acceptors (Lipinski definition) is 2. The Hall–Kier alpha value is -1.19. The molecule has 0 N–H and O–H groups in total. The molecule has 1 heterocycles. The third-order valence-electron chi connectivity index (χ3n) is 5.01. The highest BCUT2D eigenvalue weighted by Gasteiger charge is 2.34. The summed E-state index contributed by atoms with van der Waals surface area (Å²) in [6, 6.07) is 9.05. The van der Waals surface area contributed by atoms with Crippen LogP contribution in [0.2, 0.25) is 0 Å². The summed E-state index contributed by atoms with van der Waals surface area (Å²) in [7, 11) is 0. The molecule has 29 heavy (non-hydrogen) atoms. The topological polar surface area (TPSA) is 18.5 Å². The van der Waals surface area contributed by atoms with Gasteiger partial charge in [0.2, 0.25) is 0 Å². The molecule has 0 aliphatic carbocycles. The zero-order valence-corrected chi connectivity index (χ0v) is 18.2. The van der Waals surface area contributed by atoms with Gasteiger partial charge in [-0.3, -0.25) is 0 Å². The lowest BCUT2D eigenvalue weighted by atomic mass is 10.00. The van der Waals surface area contributed by atoms with Crippen molar-refractivity contribution >= 4 is 22.6 Å². The van der Waals surface area contributed by atoms with Crippen LogP contribution in [0.15, 0.2) is 36.4 Å². The lowest BCUT2D eigenvalue weighted by Crippen LogP contribution is -2.32. The van der Waals surface area contributed by atoms with E-state index < -0.39 is 21.1 Å². The van der Waals surface area contributed by atoms with Gasteiger partial charge in [0.15, 0.2) is 6.29 Å². The van der Waals surface area contributed by atoms with Gasteiger partial charge in [-0.15, -0.1) is 0 Å². The van der Waals surface area contributed by atoms with Gasteiger partial charge in [0.05, 0.1) is 13.2 Å². The summed E-state index contributed by atoms with van der Waals surface area (Å²) >= 11 is 0.723. The Morgan fingerprint density at radius 1 is 0.966 bits per heavy atom. The van der Waals surface area contributed by atoms with Crippen molar-refractivity contribution < 1.29 is 27.0 Å². The lowest BCUT2D eigenvalue weighted by molar-refractivity contribution is -0.203. The van der Waals surface area contributed by atoms with Crippen LogP contribution in [-0.4, -0.2) is 19.5 Å². The number of benzene rings is 2. The highest BCUT2D eigenvalue weighted by Crippen LogP contribution is 2.39. The van der Waals surface area contributed by atoms with E-state index in [-0.39, 0.29) is 11.9 Å². The molecule has 1 aliphatic heterocycles. The Balaban J connectivity index is 1.61. The maximum Gasteiger partial charge on any atom is 0.327 e. The fourth-order valence-corrected chi connectivity index (χ4v) is 4.00. The van der Waals surface area contributed by atoms with Crippen LogP contribution in [0, 0.1) is 17.6 Å². The summed E-state index contributed by atoms with van der Waals surface area (Å²) in [4.78, 5) is 0. The third-order valence-corrected chi connectivity index (χ3v) is 5.55. The number of hydrogen-bond donors (Lipinski definition) is 0. The molecule has 0 unspecified atom stereocenters. The molecule has 1 fully saturated rings. The Kier molecular flexibility index (Phi) is 7.56. The number of halogens is 5. The second kappa shape index (κ2) is 9.75. The van der Waals surface area contributed by atoms with Gasteiger partial charge in [-0.05, 0) is 41.7 Å². The molecule has 0 aromatic heterocycles. The highest BCUT2D eigenvalue weighted by atomic mass is 127. The standard InChI is InChI=1S/C22H23F4IO2/c1-2-3-15-12-28-20(29-13-15)9-6-14-4-7-16(8-5-14)17-10-18(23)21(19(24)11-17)22(25,26)27/h4-5,7-8,10-11,15,20H,2-3,6,9,12-13H2,1H3. The smallest absolute Gasteiger partial charge is 0.327 e. The largest absolute Gasteiger partial charge is 0.352 e. The molecule has 1 saturated heterocycles. The Labute approximate surface area is 181 Å². The van der Waals surface area contributed by atoms with E-state index in [0.29, 0.717) is 11.5 Å². The van der Waals surface area contributed by atoms with E-state index in [1.165, 1.54) is 0 Å². The lowest BCUT2D eigenvalue weighted by Gasteiger charge is -2.29. The number of ether oxygens (including phenoxy) is 2. The molecule has 0 amide bonds. The molecule has 158 valence electrons. The maximum atomic E-state index is 14.0. The number of alkyl halides is 3. The van der Waals surface area contributed by atoms with Crippen LogP contribution in [0.5, 0.6) is 0 Å². The number of rotatable bonds is 7. The molecule has 0 atom stereocenters. The van der Waals surface area contributed by atoms with Crippen LogP contribution in [0.25, 0.3) is 11.1 Å². The van der Waals surface area contributed by atoms with Gasteiger partial charge in [-0.2, -0.15) is 8.78 Å². The van der Waals surface area contributed by atoms with E-state index in [4.69, 9.17) is 9.47 Å². The van der Waals surface area contributed by atoms with Crippen LogP contribution in [0.4, 0.5) is 17.6 Å². The van der Waals surface area contributed by atoms with Crippen molar-refractivity contribution in [3.8, 4) is 11.1 Å². The van der Waals surface area contributed by atoms with E-state index >= 15 is 0 Å². The van der Waals surface area contributed by atoms with Gasteiger partial charge < -0.3 is 9.47 Å². The maximum absolute atomic E-state index is 14.0. The SMILES string of the molecule is CCCC1COC(CCc2ccc(-c3cc(F)c(C(F)(F)I)c(F)c3)cc2)OC1. The fraction of sp³-hybridized carbons (Fsp3) is 0.455. The summed E-state index contributed by atoms with van der Waals surface area (Å²) in [6.45, 7) is 3.59. The van der Waals surface area contributed by atoms with Crippen LogP contribution < -0.4 is 0 Å². The van der Waals surface area contributed by atoms with E-state index in [1.807, 2.05) is 12.1 Å². The minimum atomic E-state index is -3.60. The van der Waals surface area contributed by atoms with Crippen molar-refractivity contribution in [1.29, 1.82) is 0 Å². The van der Waals surface area contributed by atoms with E-state index in [9.17, 15) is 17.6 Å². The molecule has 3 rings (SSSR count). The summed E-state index contributed by atoms with van der Waals surface area (Å²) < 4.78 is 62.6. The van der Waals surface area contributed by atoms with Crippen molar-refractivity contribution in [2.24, 2.45) is 5.92 Å². The Morgan fingerprint density at radius 2 is 1.55 bits per heavy atom. The first kappa shape index (κ1) is 22.5. The molecule has 0 spiro atoms. The zero-order chi connectivity index (χ0) is 21.0. The van der Waals surface area contributed by atoms with E-state index in [1.54, 1.807) is 12.1 Å². The quantitative estimate of drug-likeness (QED) is 0.225. The molecular formula is C22H23F4IO2. The minimum absolute atomic E-state index is 0.214. The van der Waals surface area contributed by atoms with E-state index in [2.05, 4.69) is 6.92 Å². The Bertz CT molecular complexity index is 790. The third kappa shape index (κ3) is 5.92. The number of aryl methyl sites for hydroxylation is 1. The van der Waals surface area contributed by atoms with Crippen LogP contribution in [0.1, 0.15) is 37.3 Å². The van der Waals surface area contributed by atoms with Crippen LogP contribution >= 0.6 is 22.6 Å². The molecule has 2 aromatic rings.